The standard InChI is InChI=1S/C24H22N3O3PS/c1-31(29,30)22-6-3-2-5-16(22)13-19-10-8-18(15-26-19)24(28)27-21-14-17(9-11-20(21)25)23-7-4-12-32-23/h2-12,14-15H,13,25H2,1H3,(H,27,28)(H,29,30). The number of thiophene rings is 1. The number of hydrogen-bond donors (Lipinski definition) is 3. The van der Waals surface area contributed by atoms with Crippen LogP contribution in [0.15, 0.2) is 78.3 Å². The number of nitrogens with one attached hydrogen (secondary N) is 1. The van der Waals surface area contributed by atoms with Gasteiger partial charge in [0.15, 0.2) is 0 Å². The maximum absolute atomic E-state index is 12.7. The summed E-state index contributed by atoms with van der Waals surface area (Å²) in [6, 6.07) is 20.0. The lowest BCUT2D eigenvalue weighted by molar-refractivity contribution is 0.102. The molecule has 0 aliphatic carbocycles. The van der Waals surface area contributed by atoms with Crippen LogP contribution in [0.5, 0.6) is 0 Å². The van der Waals surface area contributed by atoms with E-state index in [1.54, 1.807) is 41.7 Å². The number of hydrogen-bond acceptors (Lipinski definition) is 5. The lowest BCUT2D eigenvalue weighted by atomic mass is 10.1. The summed E-state index contributed by atoms with van der Waals surface area (Å²) < 4.78 is 12.1. The van der Waals surface area contributed by atoms with Gasteiger partial charge < -0.3 is 15.9 Å². The Kier molecular flexibility index (Phi) is 6.24. The van der Waals surface area contributed by atoms with Crippen molar-refractivity contribution >= 4 is 41.3 Å². The summed E-state index contributed by atoms with van der Waals surface area (Å²) in [5, 5.41) is 5.27. The SMILES string of the molecule is CP(=O)(O)c1ccccc1Cc1ccc(C(=O)Nc2cc(-c3cccs3)ccc2N)cn1. The third-order valence-corrected chi connectivity index (χ3v) is 7.25. The zero-order chi connectivity index (χ0) is 22.7. The van der Waals surface area contributed by atoms with Crippen molar-refractivity contribution in [3.63, 3.8) is 0 Å². The van der Waals surface area contributed by atoms with E-state index < -0.39 is 7.37 Å². The van der Waals surface area contributed by atoms with Crippen LogP contribution >= 0.6 is 18.7 Å². The molecule has 2 aromatic heterocycles. The number of nitrogen functional groups attached to an aromatic ring is 1. The number of carbonyl (C=O) groups is 1. The van der Waals surface area contributed by atoms with Gasteiger partial charge in [-0.1, -0.05) is 30.3 Å². The Balaban J connectivity index is 1.50. The van der Waals surface area contributed by atoms with E-state index in [4.69, 9.17) is 5.73 Å². The highest BCUT2D eigenvalue weighted by Gasteiger charge is 2.18. The normalized spacial score (nSPS) is 12.8. The Labute approximate surface area is 190 Å². The molecule has 162 valence electrons. The third-order valence-electron chi connectivity index (χ3n) is 5.00. The van der Waals surface area contributed by atoms with E-state index in [0.717, 1.165) is 16.0 Å². The van der Waals surface area contributed by atoms with Gasteiger partial charge in [-0.2, -0.15) is 0 Å². The van der Waals surface area contributed by atoms with Crippen molar-refractivity contribution in [2.75, 3.05) is 17.7 Å². The summed E-state index contributed by atoms with van der Waals surface area (Å²) in [7, 11) is -3.39. The third kappa shape index (κ3) is 4.97. The van der Waals surface area contributed by atoms with Crippen molar-refractivity contribution in [2.45, 2.75) is 6.42 Å². The van der Waals surface area contributed by atoms with E-state index in [1.807, 2.05) is 41.8 Å². The Morgan fingerprint density at radius 3 is 2.62 bits per heavy atom. The molecule has 0 aliphatic heterocycles. The number of anilines is 2. The highest BCUT2D eigenvalue weighted by molar-refractivity contribution is 7.65. The Hall–Kier alpha value is -3.25. The molecule has 0 bridgehead atoms. The maximum Gasteiger partial charge on any atom is 0.257 e. The second-order valence-corrected chi connectivity index (χ2v) is 10.6. The van der Waals surface area contributed by atoms with Crippen LogP contribution in [-0.4, -0.2) is 22.4 Å². The molecule has 0 saturated carbocycles. The van der Waals surface area contributed by atoms with Crippen molar-refractivity contribution in [3.05, 3.63) is 95.1 Å². The number of aromatic nitrogens is 1. The molecule has 32 heavy (non-hydrogen) atoms. The van der Waals surface area contributed by atoms with E-state index >= 15 is 0 Å². The van der Waals surface area contributed by atoms with Gasteiger partial charge >= 0.3 is 0 Å². The summed E-state index contributed by atoms with van der Waals surface area (Å²) in [4.78, 5) is 28.2. The minimum absolute atomic E-state index is 0.312. The van der Waals surface area contributed by atoms with Crippen molar-refractivity contribution in [1.29, 1.82) is 0 Å². The zero-order valence-corrected chi connectivity index (χ0v) is 19.1. The number of amides is 1. The van der Waals surface area contributed by atoms with Gasteiger partial charge in [0.05, 0.1) is 16.9 Å². The van der Waals surface area contributed by atoms with Gasteiger partial charge in [-0.25, -0.2) is 0 Å². The molecule has 8 heteroatoms. The Bertz CT molecular complexity index is 1300. The van der Waals surface area contributed by atoms with Crippen molar-refractivity contribution in [1.82, 2.24) is 4.98 Å². The number of nitrogens with zero attached hydrogens (tertiary/aromatic N) is 1. The van der Waals surface area contributed by atoms with E-state index in [0.29, 0.717) is 34.4 Å². The van der Waals surface area contributed by atoms with Crippen LogP contribution in [-0.2, 0) is 11.0 Å². The van der Waals surface area contributed by atoms with Gasteiger partial charge in [0.2, 0.25) is 7.37 Å². The molecule has 4 aromatic rings. The van der Waals surface area contributed by atoms with Gasteiger partial charge in [0, 0.05) is 35.2 Å². The van der Waals surface area contributed by atoms with E-state index in [1.165, 1.54) is 12.9 Å². The fraction of sp³-hybridized carbons (Fsp3) is 0.0833. The monoisotopic (exact) mass is 463 g/mol. The fourth-order valence-electron chi connectivity index (χ4n) is 3.38. The zero-order valence-electron chi connectivity index (χ0n) is 17.4. The molecule has 0 aliphatic rings. The number of rotatable bonds is 6. The summed E-state index contributed by atoms with van der Waals surface area (Å²) in [5.41, 5.74) is 9.89. The first kappa shape index (κ1) is 22.0. The number of benzene rings is 2. The van der Waals surface area contributed by atoms with Gasteiger partial charge in [-0.15, -0.1) is 11.3 Å². The number of nitrogens with two attached hydrogens (primary N) is 1. The molecule has 1 unspecified atom stereocenters. The predicted molar refractivity (Wildman–Crippen MR) is 131 cm³/mol. The molecule has 0 fully saturated rings. The highest BCUT2D eigenvalue weighted by Crippen LogP contribution is 2.35. The smallest absolute Gasteiger partial charge is 0.257 e. The van der Waals surface area contributed by atoms with Crippen LogP contribution in [0.25, 0.3) is 10.4 Å². The van der Waals surface area contributed by atoms with Crippen LogP contribution in [0.2, 0.25) is 0 Å². The number of carbonyl (C=O) groups excluding carboxylic acids is 1. The Morgan fingerprint density at radius 1 is 1.12 bits per heavy atom. The average Bonchev–Trinajstić information content (AvgIpc) is 3.30. The summed E-state index contributed by atoms with van der Waals surface area (Å²) in [5.74, 6) is -0.312. The van der Waals surface area contributed by atoms with Gasteiger partial charge in [0.25, 0.3) is 5.91 Å². The summed E-state index contributed by atoms with van der Waals surface area (Å²) >= 11 is 1.61. The molecule has 0 radical (unpaired) electrons. The first-order valence-electron chi connectivity index (χ1n) is 9.90. The topological polar surface area (TPSA) is 105 Å². The summed E-state index contributed by atoms with van der Waals surface area (Å²) in [6.07, 6.45) is 1.89. The van der Waals surface area contributed by atoms with E-state index in [-0.39, 0.29) is 5.91 Å². The minimum Gasteiger partial charge on any atom is -0.397 e. The van der Waals surface area contributed by atoms with Crippen LogP contribution < -0.4 is 16.4 Å². The molecule has 2 aromatic carbocycles. The van der Waals surface area contributed by atoms with Crippen LogP contribution in [0.1, 0.15) is 21.6 Å². The molecule has 1 amide bonds. The Morgan fingerprint density at radius 2 is 1.94 bits per heavy atom. The molecule has 0 saturated heterocycles. The van der Waals surface area contributed by atoms with Crippen LogP contribution in [0, 0.1) is 0 Å². The van der Waals surface area contributed by atoms with Crippen LogP contribution in [0.4, 0.5) is 11.4 Å². The van der Waals surface area contributed by atoms with Gasteiger partial charge in [-0.05, 0) is 52.9 Å². The summed E-state index contributed by atoms with van der Waals surface area (Å²) in [6.45, 7) is 1.33. The van der Waals surface area contributed by atoms with Crippen molar-refractivity contribution in [2.24, 2.45) is 0 Å². The molecular weight excluding hydrogens is 441 g/mol. The first-order chi connectivity index (χ1) is 15.3. The average molecular weight is 463 g/mol. The minimum atomic E-state index is -3.39. The molecule has 4 rings (SSSR count). The van der Waals surface area contributed by atoms with Crippen LogP contribution in [0.3, 0.4) is 0 Å². The fourth-order valence-corrected chi connectivity index (χ4v) is 5.15. The molecule has 2 heterocycles. The van der Waals surface area contributed by atoms with Crippen molar-refractivity contribution < 1.29 is 14.3 Å². The second kappa shape index (κ2) is 9.09. The molecule has 1 atom stereocenters. The lowest BCUT2D eigenvalue weighted by Gasteiger charge is -2.12. The van der Waals surface area contributed by atoms with E-state index in [9.17, 15) is 14.3 Å². The van der Waals surface area contributed by atoms with E-state index in [2.05, 4.69) is 10.3 Å². The van der Waals surface area contributed by atoms with Gasteiger partial charge in [-0.3, -0.25) is 14.3 Å². The second-order valence-electron chi connectivity index (χ2n) is 7.46. The molecule has 0 spiro atoms. The lowest BCUT2D eigenvalue weighted by Crippen LogP contribution is -2.14. The first-order valence-corrected chi connectivity index (χ1v) is 12.9. The maximum atomic E-state index is 12.7. The van der Waals surface area contributed by atoms with Gasteiger partial charge in [0.1, 0.15) is 0 Å². The predicted octanol–water partition coefficient (Wildman–Crippen LogP) is 4.76. The largest absolute Gasteiger partial charge is 0.397 e. The highest BCUT2D eigenvalue weighted by atomic mass is 32.1. The molecule has 6 nitrogen and oxygen atoms in total. The quantitative estimate of drug-likeness (QED) is 0.282. The molecular formula is C24H22N3O3PS. The number of pyridine rings is 1. The van der Waals surface area contributed by atoms with Crippen molar-refractivity contribution in [3.8, 4) is 10.4 Å². The molecule has 4 N–H and O–H groups in total.